The highest BCUT2D eigenvalue weighted by molar-refractivity contribution is 6.43. The van der Waals surface area contributed by atoms with E-state index in [0.29, 0.717) is 17.7 Å². The van der Waals surface area contributed by atoms with Gasteiger partial charge in [-0.25, -0.2) is 0 Å². The second kappa shape index (κ2) is 3.84. The fourth-order valence-electron chi connectivity index (χ4n) is 2.37. The first-order valence-corrected chi connectivity index (χ1v) is 5.86. The monoisotopic (exact) mass is 226 g/mol. The second-order valence-electron chi connectivity index (χ2n) is 4.67. The summed E-state index contributed by atoms with van der Waals surface area (Å²) in [6.07, 6.45) is 3.84. The van der Waals surface area contributed by atoms with Gasteiger partial charge in [0, 0.05) is 5.92 Å². The fraction of sp³-hybridized carbons (Fsp3) is 0.286. The molecular formula is C14H14N2O. The molecule has 1 fully saturated rings. The Bertz CT molecular complexity index is 516. The third-order valence-electron chi connectivity index (χ3n) is 3.36. The van der Waals surface area contributed by atoms with E-state index < -0.39 is 5.91 Å². The molecule has 3 nitrogen and oxygen atoms in total. The van der Waals surface area contributed by atoms with E-state index in [1.807, 2.05) is 24.3 Å². The Balaban J connectivity index is 1.84. The molecule has 0 saturated heterocycles. The maximum absolute atomic E-state index is 11.2. The van der Waals surface area contributed by atoms with E-state index in [1.165, 1.54) is 11.1 Å². The van der Waals surface area contributed by atoms with Crippen LogP contribution in [-0.4, -0.2) is 17.7 Å². The van der Waals surface area contributed by atoms with Gasteiger partial charge in [-0.2, -0.15) is 0 Å². The molecule has 1 amide bonds. The van der Waals surface area contributed by atoms with Crippen LogP contribution in [0.1, 0.15) is 12.0 Å². The van der Waals surface area contributed by atoms with Crippen molar-refractivity contribution < 1.29 is 4.79 Å². The summed E-state index contributed by atoms with van der Waals surface area (Å²) in [6, 6.07) is 10.6. The predicted molar refractivity (Wildman–Crippen MR) is 66.8 cm³/mol. The number of nitrogens with two attached hydrogens (primary N) is 1. The van der Waals surface area contributed by atoms with Crippen molar-refractivity contribution in [1.29, 1.82) is 0 Å². The molecule has 0 radical (unpaired) electrons. The number of benzene rings is 1. The van der Waals surface area contributed by atoms with E-state index in [4.69, 9.17) is 5.73 Å². The Kier molecular flexibility index (Phi) is 2.32. The summed E-state index contributed by atoms with van der Waals surface area (Å²) in [6.45, 7) is 0. The first-order chi connectivity index (χ1) is 8.24. The largest absolute Gasteiger partial charge is 0.364 e. The maximum atomic E-state index is 11.2. The summed E-state index contributed by atoms with van der Waals surface area (Å²) < 4.78 is 0. The number of fused-ring (bicyclic) bond motifs is 1. The average molecular weight is 226 g/mol. The van der Waals surface area contributed by atoms with Gasteiger partial charge >= 0.3 is 0 Å². The van der Waals surface area contributed by atoms with Crippen molar-refractivity contribution in [3.05, 3.63) is 47.5 Å². The lowest BCUT2D eigenvalue weighted by Crippen LogP contribution is -2.24. The zero-order valence-electron chi connectivity index (χ0n) is 9.47. The van der Waals surface area contributed by atoms with Gasteiger partial charge in [0.15, 0.2) is 0 Å². The summed E-state index contributed by atoms with van der Waals surface area (Å²) in [4.78, 5) is 15.5. The first kappa shape index (κ1) is 10.3. The second-order valence-corrected chi connectivity index (χ2v) is 4.67. The minimum absolute atomic E-state index is 0.307. The van der Waals surface area contributed by atoms with Crippen molar-refractivity contribution in [3.8, 4) is 0 Å². The van der Waals surface area contributed by atoms with Gasteiger partial charge in [0.2, 0.25) is 0 Å². The van der Waals surface area contributed by atoms with Crippen LogP contribution < -0.4 is 5.73 Å². The number of dihydropyridines is 1. The average Bonchev–Trinajstić information content (AvgIpc) is 3.09. The number of primary amides is 1. The van der Waals surface area contributed by atoms with E-state index in [0.717, 1.165) is 12.8 Å². The molecule has 2 atom stereocenters. The molecule has 1 aliphatic heterocycles. The van der Waals surface area contributed by atoms with Gasteiger partial charge in [-0.1, -0.05) is 35.9 Å². The molecule has 1 heterocycles. The lowest BCUT2D eigenvalue weighted by molar-refractivity contribution is -0.111. The molecule has 3 heteroatoms. The molecule has 1 aromatic carbocycles. The molecule has 0 bridgehead atoms. The predicted octanol–water partition coefficient (Wildman–Crippen LogP) is 1.48. The summed E-state index contributed by atoms with van der Waals surface area (Å²) in [5.41, 5.74) is 8.30. The molecule has 2 N–H and O–H groups in total. The van der Waals surface area contributed by atoms with E-state index in [1.54, 1.807) is 0 Å². The van der Waals surface area contributed by atoms with Crippen LogP contribution in [0.15, 0.2) is 47.0 Å². The molecule has 2 unspecified atom stereocenters. The fourth-order valence-corrected chi connectivity index (χ4v) is 2.37. The van der Waals surface area contributed by atoms with Gasteiger partial charge in [0.05, 0.1) is 6.04 Å². The van der Waals surface area contributed by atoms with E-state index in [9.17, 15) is 4.79 Å². The summed E-state index contributed by atoms with van der Waals surface area (Å²) in [5, 5.41) is 0. The van der Waals surface area contributed by atoms with Crippen molar-refractivity contribution in [2.45, 2.75) is 18.9 Å². The maximum Gasteiger partial charge on any atom is 0.266 e. The van der Waals surface area contributed by atoms with Crippen LogP contribution >= 0.6 is 0 Å². The molecule has 1 aromatic rings. The summed E-state index contributed by atoms with van der Waals surface area (Å²) in [5.74, 6) is 0.124. The zero-order chi connectivity index (χ0) is 11.8. The van der Waals surface area contributed by atoms with Gasteiger partial charge < -0.3 is 5.73 Å². The van der Waals surface area contributed by atoms with Gasteiger partial charge in [-0.05, 0) is 24.5 Å². The quantitative estimate of drug-likeness (QED) is 0.834. The number of hydrogen-bond acceptors (Lipinski definition) is 2. The molecule has 2 aliphatic rings. The van der Waals surface area contributed by atoms with Crippen LogP contribution in [0.5, 0.6) is 0 Å². The number of nitrogens with zero attached hydrogens (tertiary/aromatic N) is 1. The Morgan fingerprint density at radius 1 is 1.35 bits per heavy atom. The topological polar surface area (TPSA) is 55.5 Å². The highest BCUT2D eigenvalue weighted by Crippen LogP contribution is 2.43. The summed E-state index contributed by atoms with van der Waals surface area (Å²) in [7, 11) is 0. The smallest absolute Gasteiger partial charge is 0.266 e. The Morgan fingerprint density at radius 2 is 2.12 bits per heavy atom. The van der Waals surface area contributed by atoms with Crippen LogP contribution in [0.3, 0.4) is 0 Å². The third-order valence-corrected chi connectivity index (χ3v) is 3.36. The van der Waals surface area contributed by atoms with Crippen LogP contribution in [-0.2, 0) is 11.2 Å². The molecule has 3 rings (SSSR count). The van der Waals surface area contributed by atoms with Crippen molar-refractivity contribution in [3.63, 3.8) is 0 Å². The Morgan fingerprint density at radius 3 is 2.82 bits per heavy atom. The van der Waals surface area contributed by atoms with E-state index >= 15 is 0 Å². The molecule has 0 spiro atoms. The highest BCUT2D eigenvalue weighted by Gasteiger charge is 2.42. The number of rotatable bonds is 3. The van der Waals surface area contributed by atoms with Crippen molar-refractivity contribution in [2.75, 3.05) is 0 Å². The van der Waals surface area contributed by atoms with Gasteiger partial charge in [0.1, 0.15) is 5.71 Å². The number of aliphatic imine (C=N–C) groups is 1. The lowest BCUT2D eigenvalue weighted by atomic mass is 9.98. The molecule has 1 saturated carbocycles. The molecule has 1 aliphatic carbocycles. The normalized spacial score (nSPS) is 25.6. The standard InChI is InChI=1S/C14H14N2O/c15-14(17)13-7-10(11-8-12(11)16-13)6-9-4-2-1-3-5-9/h1-5,7,11-12H,6,8H2,(H2,15,17). The molecule has 86 valence electrons. The van der Waals surface area contributed by atoms with Crippen LogP contribution in [0.25, 0.3) is 0 Å². The van der Waals surface area contributed by atoms with Crippen molar-refractivity contribution in [1.82, 2.24) is 0 Å². The van der Waals surface area contributed by atoms with Crippen LogP contribution in [0.2, 0.25) is 0 Å². The minimum Gasteiger partial charge on any atom is -0.364 e. The number of carbonyl (C=O) groups is 1. The van der Waals surface area contributed by atoms with Crippen molar-refractivity contribution >= 4 is 11.6 Å². The lowest BCUT2D eigenvalue weighted by Gasteiger charge is -2.11. The van der Waals surface area contributed by atoms with E-state index in [-0.39, 0.29) is 0 Å². The van der Waals surface area contributed by atoms with Gasteiger partial charge in [0.25, 0.3) is 5.91 Å². The molecule has 0 aromatic heterocycles. The SMILES string of the molecule is NC(=O)C1=NC2CC2C(Cc2ccccc2)=C1. The number of carbonyl (C=O) groups excluding carboxylic acids is 1. The zero-order valence-corrected chi connectivity index (χ0v) is 9.47. The van der Waals surface area contributed by atoms with Gasteiger partial charge in [-0.3, -0.25) is 9.79 Å². The number of hydrogen-bond donors (Lipinski definition) is 1. The molecular weight excluding hydrogens is 212 g/mol. The third kappa shape index (κ3) is 2.00. The van der Waals surface area contributed by atoms with Crippen molar-refractivity contribution in [2.24, 2.45) is 16.6 Å². The highest BCUT2D eigenvalue weighted by atomic mass is 16.1. The Labute approximate surface area is 100 Å². The molecule has 17 heavy (non-hydrogen) atoms. The van der Waals surface area contributed by atoms with Gasteiger partial charge in [-0.15, -0.1) is 0 Å². The van der Waals surface area contributed by atoms with E-state index in [2.05, 4.69) is 17.1 Å². The Hall–Kier alpha value is -1.90. The summed E-state index contributed by atoms with van der Waals surface area (Å²) >= 11 is 0. The van der Waals surface area contributed by atoms with Crippen LogP contribution in [0.4, 0.5) is 0 Å². The first-order valence-electron chi connectivity index (χ1n) is 5.86. The van der Waals surface area contributed by atoms with Crippen LogP contribution in [0, 0.1) is 5.92 Å². The minimum atomic E-state index is -0.416. The number of amides is 1.